The van der Waals surface area contributed by atoms with E-state index in [1.165, 1.54) is 19.3 Å². The van der Waals surface area contributed by atoms with Gasteiger partial charge in [-0.25, -0.2) is 0 Å². The van der Waals surface area contributed by atoms with E-state index in [9.17, 15) is 4.79 Å². The molecule has 0 aromatic carbocycles. The van der Waals surface area contributed by atoms with Gasteiger partial charge in [0.25, 0.3) is 5.91 Å². The molecule has 0 aliphatic heterocycles. The van der Waals surface area contributed by atoms with Crippen LogP contribution >= 0.6 is 0 Å². The monoisotopic (exact) mass is 276 g/mol. The van der Waals surface area contributed by atoms with Gasteiger partial charge in [0.05, 0.1) is 11.8 Å². The number of rotatable bonds is 2. The molecule has 1 aromatic rings. The SMILES string of the molecule is Cc1c(C(=O)NC2C3CCCC2CC(N)C3)cnn1C. The van der Waals surface area contributed by atoms with Gasteiger partial charge in [-0.1, -0.05) is 6.42 Å². The van der Waals surface area contributed by atoms with Crippen molar-refractivity contribution in [2.24, 2.45) is 24.6 Å². The first kappa shape index (κ1) is 13.6. The van der Waals surface area contributed by atoms with Crippen LogP contribution in [0, 0.1) is 18.8 Å². The lowest BCUT2D eigenvalue weighted by molar-refractivity contribution is 0.0755. The summed E-state index contributed by atoms with van der Waals surface area (Å²) >= 11 is 0. The number of aromatic nitrogens is 2. The van der Waals surface area contributed by atoms with Gasteiger partial charge in [0.1, 0.15) is 0 Å². The second kappa shape index (κ2) is 5.20. The Hall–Kier alpha value is -1.36. The maximum absolute atomic E-state index is 12.5. The van der Waals surface area contributed by atoms with Crippen molar-refractivity contribution < 1.29 is 4.79 Å². The van der Waals surface area contributed by atoms with Crippen LogP contribution in [-0.2, 0) is 7.05 Å². The molecule has 3 N–H and O–H groups in total. The van der Waals surface area contributed by atoms with Crippen molar-refractivity contribution in [1.82, 2.24) is 15.1 Å². The smallest absolute Gasteiger partial charge is 0.254 e. The molecule has 2 bridgehead atoms. The van der Waals surface area contributed by atoms with Crippen molar-refractivity contribution in [1.29, 1.82) is 0 Å². The summed E-state index contributed by atoms with van der Waals surface area (Å²) in [4.78, 5) is 12.5. The topological polar surface area (TPSA) is 72.9 Å². The number of amides is 1. The largest absolute Gasteiger partial charge is 0.349 e. The molecule has 20 heavy (non-hydrogen) atoms. The highest BCUT2D eigenvalue weighted by Gasteiger charge is 2.40. The minimum atomic E-state index is 0.0213. The van der Waals surface area contributed by atoms with Crippen LogP contribution in [0.15, 0.2) is 6.20 Å². The predicted molar refractivity (Wildman–Crippen MR) is 77.2 cm³/mol. The number of nitrogens with zero attached hydrogens (tertiary/aromatic N) is 2. The number of nitrogens with two attached hydrogens (primary N) is 1. The lowest BCUT2D eigenvalue weighted by atomic mass is 9.67. The quantitative estimate of drug-likeness (QED) is 0.856. The molecule has 2 unspecified atom stereocenters. The van der Waals surface area contributed by atoms with Crippen LogP contribution < -0.4 is 11.1 Å². The molecular weight excluding hydrogens is 252 g/mol. The average Bonchev–Trinajstić information content (AvgIpc) is 2.71. The maximum Gasteiger partial charge on any atom is 0.254 e. The van der Waals surface area contributed by atoms with E-state index in [1.807, 2.05) is 14.0 Å². The minimum Gasteiger partial charge on any atom is -0.349 e. The molecule has 0 saturated heterocycles. The first-order chi connectivity index (χ1) is 9.56. The number of nitrogens with one attached hydrogen (secondary N) is 1. The summed E-state index contributed by atoms with van der Waals surface area (Å²) in [6, 6.07) is 0.620. The Balaban J connectivity index is 1.74. The summed E-state index contributed by atoms with van der Waals surface area (Å²) in [5.41, 5.74) is 7.74. The summed E-state index contributed by atoms with van der Waals surface area (Å²) in [5.74, 6) is 1.13. The van der Waals surface area contributed by atoms with Gasteiger partial charge in [0.2, 0.25) is 0 Å². The molecule has 110 valence electrons. The average molecular weight is 276 g/mol. The summed E-state index contributed by atoms with van der Waals surface area (Å²) < 4.78 is 1.74. The van der Waals surface area contributed by atoms with Crippen LogP contribution in [0.2, 0.25) is 0 Å². The van der Waals surface area contributed by atoms with E-state index >= 15 is 0 Å². The lowest BCUT2D eigenvalue weighted by Crippen LogP contribution is -2.53. The van der Waals surface area contributed by atoms with Gasteiger partial charge in [0, 0.05) is 24.8 Å². The second-order valence-corrected chi connectivity index (χ2v) is 6.45. The summed E-state index contributed by atoms with van der Waals surface area (Å²) in [5, 5.41) is 7.41. The second-order valence-electron chi connectivity index (χ2n) is 6.45. The highest BCUT2D eigenvalue weighted by molar-refractivity contribution is 5.95. The predicted octanol–water partition coefficient (Wildman–Crippen LogP) is 1.36. The molecule has 2 aliphatic carbocycles. The normalized spacial score (nSPS) is 33.0. The zero-order chi connectivity index (χ0) is 14.3. The van der Waals surface area contributed by atoms with Crippen molar-refractivity contribution in [3.63, 3.8) is 0 Å². The number of carbonyl (C=O) groups excluding carboxylic acids is 1. The maximum atomic E-state index is 12.5. The number of carbonyl (C=O) groups is 1. The molecule has 5 nitrogen and oxygen atoms in total. The van der Waals surface area contributed by atoms with Crippen molar-refractivity contribution in [3.8, 4) is 0 Å². The van der Waals surface area contributed by atoms with Gasteiger partial charge >= 0.3 is 0 Å². The Bertz CT molecular complexity index is 496. The van der Waals surface area contributed by atoms with E-state index < -0.39 is 0 Å². The minimum absolute atomic E-state index is 0.0213. The van der Waals surface area contributed by atoms with Crippen molar-refractivity contribution in [3.05, 3.63) is 17.5 Å². The number of fused-ring (bicyclic) bond motifs is 2. The Morgan fingerprint density at radius 1 is 1.40 bits per heavy atom. The molecule has 1 heterocycles. The van der Waals surface area contributed by atoms with Crippen molar-refractivity contribution >= 4 is 5.91 Å². The lowest BCUT2D eigenvalue weighted by Gasteiger charge is -2.45. The van der Waals surface area contributed by atoms with Crippen LogP contribution in [0.4, 0.5) is 0 Å². The van der Waals surface area contributed by atoms with Gasteiger partial charge in [-0.3, -0.25) is 9.48 Å². The van der Waals surface area contributed by atoms with Gasteiger partial charge in [-0.2, -0.15) is 5.10 Å². The summed E-state index contributed by atoms with van der Waals surface area (Å²) in [7, 11) is 1.86. The number of hydrogen-bond acceptors (Lipinski definition) is 3. The molecule has 2 fully saturated rings. The van der Waals surface area contributed by atoms with Crippen LogP contribution in [0.25, 0.3) is 0 Å². The first-order valence-electron chi connectivity index (χ1n) is 7.61. The van der Waals surface area contributed by atoms with E-state index in [-0.39, 0.29) is 5.91 Å². The zero-order valence-electron chi connectivity index (χ0n) is 12.3. The third-order valence-electron chi connectivity index (χ3n) is 5.15. The van der Waals surface area contributed by atoms with E-state index in [0.29, 0.717) is 29.5 Å². The standard InChI is InChI=1S/C15H24N4O/c1-9-13(8-17-19(9)2)15(20)18-14-10-4-3-5-11(14)7-12(16)6-10/h8,10-12,14H,3-7,16H2,1-2H3,(H,18,20). The Morgan fingerprint density at radius 3 is 2.60 bits per heavy atom. The van der Waals surface area contributed by atoms with Gasteiger partial charge in [-0.15, -0.1) is 0 Å². The fourth-order valence-corrected chi connectivity index (χ4v) is 3.98. The van der Waals surface area contributed by atoms with E-state index in [4.69, 9.17) is 5.73 Å². The number of hydrogen-bond donors (Lipinski definition) is 2. The van der Waals surface area contributed by atoms with Crippen molar-refractivity contribution in [2.45, 2.75) is 51.1 Å². The molecular formula is C15H24N4O. The Morgan fingerprint density at radius 2 is 2.05 bits per heavy atom. The van der Waals surface area contributed by atoms with E-state index in [1.54, 1.807) is 10.9 Å². The van der Waals surface area contributed by atoms with Gasteiger partial charge < -0.3 is 11.1 Å². The van der Waals surface area contributed by atoms with Crippen LogP contribution in [0.3, 0.4) is 0 Å². The highest BCUT2D eigenvalue weighted by atomic mass is 16.1. The van der Waals surface area contributed by atoms with Crippen LogP contribution in [0.1, 0.15) is 48.2 Å². The molecule has 2 aliphatic rings. The molecule has 2 atom stereocenters. The first-order valence-corrected chi connectivity index (χ1v) is 7.61. The third-order valence-corrected chi connectivity index (χ3v) is 5.15. The molecule has 1 aromatic heterocycles. The Labute approximate surface area is 119 Å². The summed E-state index contributed by atoms with van der Waals surface area (Å²) in [6.07, 6.45) is 7.43. The third kappa shape index (κ3) is 2.35. The molecule has 5 heteroatoms. The van der Waals surface area contributed by atoms with E-state index in [2.05, 4.69) is 10.4 Å². The summed E-state index contributed by atoms with van der Waals surface area (Å²) in [6.45, 7) is 1.93. The molecule has 1 amide bonds. The highest BCUT2D eigenvalue weighted by Crippen LogP contribution is 2.39. The molecule has 0 radical (unpaired) electrons. The Kier molecular flexibility index (Phi) is 3.54. The molecule has 2 saturated carbocycles. The van der Waals surface area contributed by atoms with Crippen molar-refractivity contribution in [2.75, 3.05) is 0 Å². The fourth-order valence-electron chi connectivity index (χ4n) is 3.98. The molecule has 0 spiro atoms. The fraction of sp³-hybridized carbons (Fsp3) is 0.733. The van der Waals surface area contributed by atoms with Crippen LogP contribution in [-0.4, -0.2) is 27.8 Å². The van der Waals surface area contributed by atoms with Gasteiger partial charge in [-0.05, 0) is 44.4 Å². The van der Waals surface area contributed by atoms with Gasteiger partial charge in [0.15, 0.2) is 0 Å². The molecule has 3 rings (SSSR count). The van der Waals surface area contributed by atoms with E-state index in [0.717, 1.165) is 18.5 Å². The zero-order valence-corrected chi connectivity index (χ0v) is 12.3. The number of aryl methyl sites for hydroxylation is 1. The van der Waals surface area contributed by atoms with Crippen LogP contribution in [0.5, 0.6) is 0 Å².